The maximum absolute atomic E-state index is 11.9. The van der Waals surface area contributed by atoms with Crippen LogP contribution in [0.15, 0.2) is 17.5 Å². The summed E-state index contributed by atoms with van der Waals surface area (Å²) in [6.45, 7) is 1.50. The number of rotatable bonds is 6. The van der Waals surface area contributed by atoms with Crippen molar-refractivity contribution in [3.8, 4) is 0 Å². The number of carboxylic acid groups (broad SMARTS) is 1. The first-order chi connectivity index (χ1) is 8.95. The Morgan fingerprint density at radius 1 is 1.47 bits per heavy atom. The second-order valence-corrected chi connectivity index (χ2v) is 4.95. The quantitative estimate of drug-likeness (QED) is 0.809. The molecular formula is C12H16N2O4S. The third kappa shape index (κ3) is 4.36. The van der Waals surface area contributed by atoms with Gasteiger partial charge in [0.2, 0.25) is 5.91 Å². The molecule has 104 valence electrons. The minimum Gasteiger partial charge on any atom is -0.480 e. The van der Waals surface area contributed by atoms with Gasteiger partial charge in [0.15, 0.2) is 0 Å². The summed E-state index contributed by atoms with van der Waals surface area (Å²) in [5.74, 6) is -1.82. The maximum Gasteiger partial charge on any atom is 0.326 e. The molecule has 0 unspecified atom stereocenters. The summed E-state index contributed by atoms with van der Waals surface area (Å²) in [4.78, 5) is 36.1. The summed E-state index contributed by atoms with van der Waals surface area (Å²) in [6, 6.07) is 2.51. The molecule has 0 aliphatic heterocycles. The topological polar surface area (TPSA) is 86.7 Å². The number of hydrogen-bond donors (Lipinski definition) is 2. The predicted molar refractivity (Wildman–Crippen MR) is 71.1 cm³/mol. The maximum atomic E-state index is 11.9. The van der Waals surface area contributed by atoms with E-state index in [2.05, 4.69) is 5.32 Å². The van der Waals surface area contributed by atoms with E-state index in [4.69, 9.17) is 5.11 Å². The normalized spacial score (nSPS) is 11.7. The van der Waals surface area contributed by atoms with E-state index in [1.165, 1.54) is 23.3 Å². The molecule has 1 aromatic heterocycles. The van der Waals surface area contributed by atoms with Crippen LogP contribution in [0, 0.1) is 0 Å². The molecule has 7 heteroatoms. The second-order valence-electron chi connectivity index (χ2n) is 4.01. The fourth-order valence-corrected chi connectivity index (χ4v) is 2.17. The molecule has 0 aromatic carbocycles. The van der Waals surface area contributed by atoms with Gasteiger partial charge in [-0.3, -0.25) is 9.59 Å². The van der Waals surface area contributed by atoms with Gasteiger partial charge in [-0.25, -0.2) is 4.79 Å². The summed E-state index contributed by atoms with van der Waals surface area (Å²) in [5, 5.41) is 13.0. The molecule has 0 aliphatic rings. The standard InChI is InChI=1S/C12H16N2O4S/c1-3-8(12(17)18)13-10(15)7-14(2)11(16)9-5-4-6-19-9/h4-6,8H,3,7H2,1-2H3,(H,13,15)(H,17,18)/t8-/m1/s1. The third-order valence-corrected chi connectivity index (χ3v) is 3.36. The molecule has 19 heavy (non-hydrogen) atoms. The lowest BCUT2D eigenvalue weighted by Crippen LogP contribution is -2.45. The summed E-state index contributed by atoms with van der Waals surface area (Å²) >= 11 is 1.29. The van der Waals surface area contributed by atoms with Crippen molar-refractivity contribution >= 4 is 29.1 Å². The number of nitrogens with one attached hydrogen (secondary N) is 1. The Morgan fingerprint density at radius 2 is 2.16 bits per heavy atom. The summed E-state index contributed by atoms with van der Waals surface area (Å²) in [5.41, 5.74) is 0. The molecule has 1 heterocycles. The van der Waals surface area contributed by atoms with Crippen LogP contribution < -0.4 is 5.32 Å². The first-order valence-electron chi connectivity index (χ1n) is 5.76. The molecule has 2 amide bonds. The molecule has 0 fully saturated rings. The van der Waals surface area contributed by atoms with Crippen molar-refractivity contribution in [2.24, 2.45) is 0 Å². The summed E-state index contributed by atoms with van der Waals surface area (Å²) in [6.07, 6.45) is 0.295. The Labute approximate surface area is 115 Å². The van der Waals surface area contributed by atoms with E-state index in [0.717, 1.165) is 0 Å². The average Bonchev–Trinajstić information content (AvgIpc) is 2.88. The number of hydrogen-bond acceptors (Lipinski definition) is 4. The largest absolute Gasteiger partial charge is 0.480 e. The van der Waals surface area contributed by atoms with E-state index in [9.17, 15) is 14.4 Å². The van der Waals surface area contributed by atoms with Crippen LogP contribution in [-0.2, 0) is 9.59 Å². The van der Waals surface area contributed by atoms with Gasteiger partial charge in [-0.1, -0.05) is 13.0 Å². The van der Waals surface area contributed by atoms with Crippen molar-refractivity contribution in [2.75, 3.05) is 13.6 Å². The molecule has 2 N–H and O–H groups in total. The smallest absolute Gasteiger partial charge is 0.326 e. The molecule has 0 saturated carbocycles. The number of amides is 2. The van der Waals surface area contributed by atoms with E-state index < -0.39 is 17.9 Å². The monoisotopic (exact) mass is 284 g/mol. The molecule has 1 aromatic rings. The Kier molecular flexibility index (Phi) is 5.50. The van der Waals surface area contributed by atoms with Crippen molar-refractivity contribution < 1.29 is 19.5 Å². The van der Waals surface area contributed by atoms with Gasteiger partial charge in [0.1, 0.15) is 6.04 Å². The first-order valence-corrected chi connectivity index (χ1v) is 6.64. The van der Waals surface area contributed by atoms with E-state index in [0.29, 0.717) is 11.3 Å². The van der Waals surface area contributed by atoms with Crippen molar-refractivity contribution in [3.05, 3.63) is 22.4 Å². The van der Waals surface area contributed by atoms with Gasteiger partial charge < -0.3 is 15.3 Å². The van der Waals surface area contributed by atoms with Crippen LogP contribution in [0.1, 0.15) is 23.0 Å². The lowest BCUT2D eigenvalue weighted by atomic mass is 10.2. The van der Waals surface area contributed by atoms with Gasteiger partial charge in [0, 0.05) is 7.05 Å². The number of thiophene rings is 1. The fraction of sp³-hybridized carbons (Fsp3) is 0.417. The van der Waals surface area contributed by atoms with Gasteiger partial charge in [0.05, 0.1) is 11.4 Å². The molecule has 1 rings (SSSR count). The zero-order valence-corrected chi connectivity index (χ0v) is 11.6. The number of aliphatic carboxylic acids is 1. The van der Waals surface area contributed by atoms with Crippen molar-refractivity contribution in [1.29, 1.82) is 0 Å². The average molecular weight is 284 g/mol. The third-order valence-electron chi connectivity index (χ3n) is 2.50. The molecule has 0 bridgehead atoms. The van der Waals surface area contributed by atoms with Gasteiger partial charge >= 0.3 is 5.97 Å². The van der Waals surface area contributed by atoms with Gasteiger partial charge in [-0.15, -0.1) is 11.3 Å². The van der Waals surface area contributed by atoms with E-state index in [-0.39, 0.29) is 12.5 Å². The lowest BCUT2D eigenvalue weighted by Gasteiger charge is -2.18. The molecule has 1 atom stereocenters. The van der Waals surface area contributed by atoms with Crippen molar-refractivity contribution in [3.63, 3.8) is 0 Å². The Balaban J connectivity index is 2.52. The van der Waals surface area contributed by atoms with E-state index in [1.54, 1.807) is 24.4 Å². The Bertz CT molecular complexity index is 458. The Morgan fingerprint density at radius 3 is 2.63 bits per heavy atom. The zero-order chi connectivity index (χ0) is 14.4. The number of carbonyl (C=O) groups is 3. The molecule has 0 saturated heterocycles. The molecule has 0 radical (unpaired) electrons. The van der Waals surface area contributed by atoms with Gasteiger partial charge in [-0.2, -0.15) is 0 Å². The minimum absolute atomic E-state index is 0.166. The minimum atomic E-state index is -1.08. The van der Waals surface area contributed by atoms with Gasteiger partial charge in [-0.05, 0) is 17.9 Å². The van der Waals surface area contributed by atoms with Crippen LogP contribution in [-0.4, -0.2) is 47.4 Å². The van der Waals surface area contributed by atoms with Crippen molar-refractivity contribution in [2.45, 2.75) is 19.4 Å². The van der Waals surface area contributed by atoms with Crippen LogP contribution in [0.2, 0.25) is 0 Å². The number of carboxylic acids is 1. The van der Waals surface area contributed by atoms with Crippen LogP contribution >= 0.6 is 11.3 Å². The van der Waals surface area contributed by atoms with E-state index >= 15 is 0 Å². The second kappa shape index (κ2) is 6.89. The number of nitrogens with zero attached hydrogens (tertiary/aromatic N) is 1. The number of carbonyl (C=O) groups excluding carboxylic acids is 2. The highest BCUT2D eigenvalue weighted by Crippen LogP contribution is 2.10. The van der Waals surface area contributed by atoms with Crippen LogP contribution in [0.4, 0.5) is 0 Å². The highest BCUT2D eigenvalue weighted by atomic mass is 32.1. The summed E-state index contributed by atoms with van der Waals surface area (Å²) in [7, 11) is 1.50. The number of likely N-dealkylation sites (N-methyl/N-ethyl adjacent to an activating group) is 1. The predicted octanol–water partition coefficient (Wildman–Crippen LogP) is 0.799. The lowest BCUT2D eigenvalue weighted by molar-refractivity contribution is -0.141. The summed E-state index contributed by atoms with van der Waals surface area (Å²) < 4.78 is 0. The van der Waals surface area contributed by atoms with Crippen LogP contribution in [0.25, 0.3) is 0 Å². The van der Waals surface area contributed by atoms with Crippen molar-refractivity contribution in [1.82, 2.24) is 10.2 Å². The molecular weight excluding hydrogens is 268 g/mol. The molecule has 0 spiro atoms. The zero-order valence-electron chi connectivity index (χ0n) is 10.8. The van der Waals surface area contributed by atoms with Crippen LogP contribution in [0.5, 0.6) is 0 Å². The van der Waals surface area contributed by atoms with Crippen LogP contribution in [0.3, 0.4) is 0 Å². The molecule has 0 aliphatic carbocycles. The van der Waals surface area contributed by atoms with E-state index in [1.807, 2.05) is 0 Å². The highest BCUT2D eigenvalue weighted by molar-refractivity contribution is 7.12. The highest BCUT2D eigenvalue weighted by Gasteiger charge is 2.20. The first kappa shape index (κ1) is 15.2. The molecule has 6 nitrogen and oxygen atoms in total. The Hall–Kier alpha value is -1.89. The SMILES string of the molecule is CC[C@@H](NC(=O)CN(C)C(=O)c1cccs1)C(=O)O. The van der Waals surface area contributed by atoms with Gasteiger partial charge in [0.25, 0.3) is 5.91 Å². The fourth-order valence-electron chi connectivity index (χ4n) is 1.45.